The van der Waals surface area contributed by atoms with Crippen molar-refractivity contribution in [2.75, 3.05) is 13.7 Å². The van der Waals surface area contributed by atoms with Crippen molar-refractivity contribution in [1.82, 2.24) is 9.88 Å². The van der Waals surface area contributed by atoms with Gasteiger partial charge in [0.25, 0.3) is 5.91 Å². The SMILES string of the molecule is Cc1nc(C2CCCC2)sc1C(=O)N(C)C(C)CO. The summed E-state index contributed by atoms with van der Waals surface area (Å²) in [5.41, 5.74) is 0.828. The summed E-state index contributed by atoms with van der Waals surface area (Å²) >= 11 is 1.54. The van der Waals surface area contributed by atoms with Crippen LogP contribution in [0.5, 0.6) is 0 Å². The van der Waals surface area contributed by atoms with Crippen LogP contribution < -0.4 is 0 Å². The van der Waals surface area contributed by atoms with Crippen molar-refractivity contribution >= 4 is 17.2 Å². The number of aliphatic hydroxyl groups is 1. The molecule has 5 heteroatoms. The van der Waals surface area contributed by atoms with Crippen molar-refractivity contribution in [3.63, 3.8) is 0 Å². The van der Waals surface area contributed by atoms with E-state index in [0.29, 0.717) is 5.92 Å². The molecule has 1 aromatic rings. The van der Waals surface area contributed by atoms with Crippen LogP contribution in [-0.2, 0) is 0 Å². The molecule has 1 heterocycles. The van der Waals surface area contributed by atoms with Gasteiger partial charge in [-0.25, -0.2) is 4.98 Å². The smallest absolute Gasteiger partial charge is 0.265 e. The van der Waals surface area contributed by atoms with Crippen molar-refractivity contribution in [2.45, 2.75) is 51.5 Å². The first kappa shape index (κ1) is 14.5. The Labute approximate surface area is 118 Å². The number of likely N-dealkylation sites (N-methyl/N-ethyl adjacent to an activating group) is 1. The van der Waals surface area contributed by atoms with Crippen molar-refractivity contribution in [3.8, 4) is 0 Å². The van der Waals surface area contributed by atoms with Crippen molar-refractivity contribution in [3.05, 3.63) is 15.6 Å². The highest BCUT2D eigenvalue weighted by Gasteiger charge is 2.26. The summed E-state index contributed by atoms with van der Waals surface area (Å²) in [6.07, 6.45) is 4.94. The van der Waals surface area contributed by atoms with Crippen LogP contribution in [-0.4, -0.2) is 40.6 Å². The van der Waals surface area contributed by atoms with Gasteiger partial charge in [0.05, 0.1) is 23.4 Å². The fourth-order valence-electron chi connectivity index (χ4n) is 2.45. The number of thiazole rings is 1. The molecule has 4 nitrogen and oxygen atoms in total. The van der Waals surface area contributed by atoms with E-state index in [4.69, 9.17) is 5.11 Å². The lowest BCUT2D eigenvalue weighted by Crippen LogP contribution is -2.37. The maximum atomic E-state index is 12.4. The summed E-state index contributed by atoms with van der Waals surface area (Å²) in [5, 5.41) is 10.3. The van der Waals surface area contributed by atoms with Gasteiger partial charge in [0.15, 0.2) is 0 Å². The second-order valence-corrected chi connectivity index (χ2v) is 6.43. The zero-order valence-electron chi connectivity index (χ0n) is 11.8. The third-order valence-corrected chi connectivity index (χ3v) is 5.27. The summed E-state index contributed by atoms with van der Waals surface area (Å²) < 4.78 is 0. The van der Waals surface area contributed by atoms with Gasteiger partial charge in [-0.05, 0) is 26.7 Å². The maximum Gasteiger partial charge on any atom is 0.265 e. The molecule has 106 valence electrons. The lowest BCUT2D eigenvalue weighted by Gasteiger charge is -2.22. The van der Waals surface area contributed by atoms with Crippen molar-refractivity contribution < 1.29 is 9.90 Å². The minimum absolute atomic E-state index is 0.0183. The van der Waals surface area contributed by atoms with Crippen LogP contribution in [0.3, 0.4) is 0 Å². The van der Waals surface area contributed by atoms with E-state index in [1.54, 1.807) is 11.9 Å². The predicted octanol–water partition coefficient (Wildman–Crippen LogP) is 2.56. The first-order valence-corrected chi connectivity index (χ1v) is 7.71. The van der Waals surface area contributed by atoms with Crippen LogP contribution in [0.4, 0.5) is 0 Å². The highest BCUT2D eigenvalue weighted by molar-refractivity contribution is 7.13. The minimum atomic E-state index is -0.163. The summed E-state index contributed by atoms with van der Waals surface area (Å²) in [6, 6.07) is -0.163. The number of aromatic nitrogens is 1. The van der Waals surface area contributed by atoms with Gasteiger partial charge < -0.3 is 10.0 Å². The Bertz CT molecular complexity index is 452. The number of aryl methyl sites for hydroxylation is 1. The fraction of sp³-hybridized carbons (Fsp3) is 0.714. The monoisotopic (exact) mass is 282 g/mol. The quantitative estimate of drug-likeness (QED) is 0.923. The molecular formula is C14H22N2O2S. The summed E-state index contributed by atoms with van der Waals surface area (Å²) in [4.78, 5) is 19.3. The van der Waals surface area contributed by atoms with Crippen LogP contribution in [0.1, 0.15) is 58.9 Å². The molecule has 2 rings (SSSR count). The highest BCUT2D eigenvalue weighted by atomic mass is 32.1. The van der Waals surface area contributed by atoms with E-state index in [2.05, 4.69) is 4.98 Å². The van der Waals surface area contributed by atoms with Crippen LogP contribution in [0.2, 0.25) is 0 Å². The first-order chi connectivity index (χ1) is 9.04. The molecular weight excluding hydrogens is 260 g/mol. The summed E-state index contributed by atoms with van der Waals surface area (Å²) in [7, 11) is 1.73. The van der Waals surface area contributed by atoms with Gasteiger partial charge >= 0.3 is 0 Å². The Morgan fingerprint density at radius 1 is 1.53 bits per heavy atom. The second-order valence-electron chi connectivity index (χ2n) is 5.40. The molecule has 1 N–H and O–H groups in total. The molecule has 1 aromatic heterocycles. The zero-order valence-corrected chi connectivity index (χ0v) is 12.7. The van der Waals surface area contributed by atoms with Crippen LogP contribution in [0.15, 0.2) is 0 Å². The van der Waals surface area contributed by atoms with Gasteiger partial charge in [0.2, 0.25) is 0 Å². The average Bonchev–Trinajstić information content (AvgIpc) is 3.04. The van der Waals surface area contributed by atoms with E-state index in [1.807, 2.05) is 13.8 Å². The fourth-order valence-corrected chi connectivity index (χ4v) is 3.66. The van der Waals surface area contributed by atoms with Gasteiger partial charge in [0.1, 0.15) is 4.88 Å². The Hall–Kier alpha value is -0.940. The molecule has 0 aliphatic heterocycles. The molecule has 0 bridgehead atoms. The van der Waals surface area contributed by atoms with Crippen LogP contribution in [0.25, 0.3) is 0 Å². The molecule has 1 amide bonds. The second kappa shape index (κ2) is 6.01. The Morgan fingerprint density at radius 3 is 2.74 bits per heavy atom. The van der Waals surface area contributed by atoms with Gasteiger partial charge in [0, 0.05) is 13.0 Å². The van der Waals surface area contributed by atoms with Gasteiger partial charge in [-0.3, -0.25) is 4.79 Å². The third-order valence-electron chi connectivity index (χ3n) is 3.96. The van der Waals surface area contributed by atoms with E-state index >= 15 is 0 Å². The number of rotatable bonds is 4. The molecule has 0 aromatic carbocycles. The number of nitrogens with zero attached hydrogens (tertiary/aromatic N) is 2. The Morgan fingerprint density at radius 2 is 2.16 bits per heavy atom. The van der Waals surface area contributed by atoms with Crippen LogP contribution >= 0.6 is 11.3 Å². The largest absolute Gasteiger partial charge is 0.394 e. The molecule has 19 heavy (non-hydrogen) atoms. The van der Waals surface area contributed by atoms with E-state index < -0.39 is 0 Å². The lowest BCUT2D eigenvalue weighted by molar-refractivity contribution is 0.0686. The Kier molecular flexibility index (Phi) is 4.58. The van der Waals surface area contributed by atoms with Crippen molar-refractivity contribution in [2.24, 2.45) is 0 Å². The molecule has 1 fully saturated rings. The standard InChI is InChI=1S/C14H22N2O2S/c1-9(8-17)16(3)14(18)12-10(2)15-13(19-12)11-6-4-5-7-11/h9,11,17H,4-8H2,1-3H3. The highest BCUT2D eigenvalue weighted by Crippen LogP contribution is 2.37. The molecule has 0 spiro atoms. The summed E-state index contributed by atoms with van der Waals surface area (Å²) in [5.74, 6) is 0.520. The minimum Gasteiger partial charge on any atom is -0.394 e. The van der Waals surface area contributed by atoms with E-state index in [1.165, 1.54) is 37.0 Å². The number of carbonyl (C=O) groups excluding carboxylic acids is 1. The van der Waals surface area contributed by atoms with Gasteiger partial charge in [-0.15, -0.1) is 11.3 Å². The predicted molar refractivity (Wildman–Crippen MR) is 76.7 cm³/mol. The molecule has 1 saturated carbocycles. The van der Waals surface area contributed by atoms with E-state index in [0.717, 1.165) is 15.6 Å². The van der Waals surface area contributed by atoms with E-state index in [-0.39, 0.29) is 18.6 Å². The van der Waals surface area contributed by atoms with Crippen LogP contribution in [0, 0.1) is 6.92 Å². The molecule has 1 aliphatic carbocycles. The molecule has 1 unspecified atom stereocenters. The van der Waals surface area contributed by atoms with Crippen molar-refractivity contribution in [1.29, 1.82) is 0 Å². The molecule has 1 aliphatic rings. The first-order valence-electron chi connectivity index (χ1n) is 6.90. The zero-order chi connectivity index (χ0) is 14.0. The average molecular weight is 282 g/mol. The topological polar surface area (TPSA) is 53.4 Å². The summed E-state index contributed by atoms with van der Waals surface area (Å²) in [6.45, 7) is 3.72. The lowest BCUT2D eigenvalue weighted by atomic mass is 10.1. The Balaban J connectivity index is 2.18. The number of aliphatic hydroxyl groups excluding tert-OH is 1. The van der Waals surface area contributed by atoms with Gasteiger partial charge in [-0.2, -0.15) is 0 Å². The number of carbonyl (C=O) groups is 1. The number of amides is 1. The molecule has 0 saturated heterocycles. The van der Waals surface area contributed by atoms with Gasteiger partial charge in [-0.1, -0.05) is 12.8 Å². The third kappa shape index (κ3) is 2.98. The molecule has 0 radical (unpaired) electrons. The number of hydrogen-bond donors (Lipinski definition) is 1. The normalized spacial score (nSPS) is 17.7. The van der Waals surface area contributed by atoms with E-state index in [9.17, 15) is 4.79 Å². The number of hydrogen-bond acceptors (Lipinski definition) is 4. The maximum absolute atomic E-state index is 12.4. The molecule has 1 atom stereocenters.